The van der Waals surface area contributed by atoms with Gasteiger partial charge >= 0.3 is 0 Å². The topological polar surface area (TPSA) is 103 Å². The number of carbonyl (C=O) groups excluding carboxylic acids is 1. The van der Waals surface area contributed by atoms with Gasteiger partial charge in [0.05, 0.1) is 21.2 Å². The molecular formula is C31H28IN3O5S. The molecule has 0 unspecified atom stereocenters. The molecule has 1 aliphatic rings. The van der Waals surface area contributed by atoms with Crippen molar-refractivity contribution in [2.45, 2.75) is 38.8 Å². The first-order valence-electron chi connectivity index (χ1n) is 13.2. The highest BCUT2D eigenvalue weighted by Gasteiger charge is 2.25. The zero-order chi connectivity index (χ0) is 28.8. The molecule has 8 nitrogen and oxygen atoms in total. The lowest BCUT2D eigenvalue weighted by Crippen LogP contribution is -2.24. The summed E-state index contributed by atoms with van der Waals surface area (Å²) in [4.78, 5) is 29.9. The quantitative estimate of drug-likeness (QED) is 0.0813. The van der Waals surface area contributed by atoms with E-state index in [1.165, 1.54) is 17.0 Å². The Labute approximate surface area is 255 Å². The number of nitrogens with one attached hydrogen (secondary N) is 1. The number of hydrogen-bond acceptors (Lipinski definition) is 7. The normalized spacial score (nSPS) is 12.6. The fraction of sp³-hybridized carbons (Fsp3) is 0.226. The van der Waals surface area contributed by atoms with Crippen molar-refractivity contribution in [3.05, 3.63) is 113 Å². The predicted molar refractivity (Wildman–Crippen MR) is 169 cm³/mol. The Kier molecular flexibility index (Phi) is 9.30. The minimum Gasteiger partial charge on any atom is -0.493 e. The number of nitrogens with zero attached hydrogens (tertiary/aromatic N) is 2. The van der Waals surface area contributed by atoms with Crippen LogP contribution in [0, 0.1) is 13.7 Å². The molecule has 0 saturated carbocycles. The highest BCUT2D eigenvalue weighted by molar-refractivity contribution is 14.1. The standard InChI is InChI=1S/C31H28IN3O5S/c1-39-26-16-22(15-25(32)29(26)40-19-21-11-13-23(14-12-21)35(37)38)18-34-31-28(24-9-5-6-10-27(24)41-31)30(36)33-17-20-7-3-2-4-8-20/h2-4,7-8,11-16,18H,5-6,9-10,17,19H2,1H3,(H,33,36). The molecule has 1 aromatic heterocycles. The molecule has 210 valence electrons. The van der Waals surface area contributed by atoms with E-state index in [4.69, 9.17) is 14.5 Å². The number of ether oxygens (including phenoxy) is 2. The largest absolute Gasteiger partial charge is 0.493 e. The highest BCUT2D eigenvalue weighted by atomic mass is 127. The maximum Gasteiger partial charge on any atom is 0.269 e. The smallest absolute Gasteiger partial charge is 0.269 e. The van der Waals surface area contributed by atoms with E-state index in [1.54, 1.807) is 36.8 Å². The zero-order valence-corrected chi connectivity index (χ0v) is 25.4. The number of benzene rings is 3. The number of hydrogen-bond donors (Lipinski definition) is 1. The Hall–Kier alpha value is -3.77. The predicted octanol–water partition coefficient (Wildman–Crippen LogP) is 7.41. The lowest BCUT2D eigenvalue weighted by molar-refractivity contribution is -0.384. The second kappa shape index (κ2) is 13.3. The number of rotatable bonds is 10. The highest BCUT2D eigenvalue weighted by Crippen LogP contribution is 2.40. The summed E-state index contributed by atoms with van der Waals surface area (Å²) in [6, 6.07) is 19.9. The summed E-state index contributed by atoms with van der Waals surface area (Å²) in [5.74, 6) is 1.03. The molecule has 1 amide bonds. The molecule has 0 spiro atoms. The molecular weight excluding hydrogens is 653 g/mol. The van der Waals surface area contributed by atoms with Crippen molar-refractivity contribution in [3.63, 3.8) is 0 Å². The van der Waals surface area contributed by atoms with Crippen LogP contribution in [-0.4, -0.2) is 24.2 Å². The molecule has 0 bridgehead atoms. The molecule has 10 heteroatoms. The number of fused-ring (bicyclic) bond motifs is 1. The van der Waals surface area contributed by atoms with E-state index in [0.717, 1.165) is 56.5 Å². The molecule has 1 aliphatic carbocycles. The SMILES string of the molecule is COc1cc(C=Nc2sc3c(c2C(=O)NCc2ccccc2)CCCC3)cc(I)c1OCc1ccc([N+](=O)[O-])cc1. The number of thiophene rings is 1. The van der Waals surface area contributed by atoms with Crippen LogP contribution < -0.4 is 14.8 Å². The third kappa shape index (κ3) is 6.94. The lowest BCUT2D eigenvalue weighted by Gasteiger charge is -2.14. The second-order valence-electron chi connectivity index (χ2n) is 9.56. The molecule has 41 heavy (non-hydrogen) atoms. The van der Waals surface area contributed by atoms with Crippen molar-refractivity contribution in [2.24, 2.45) is 4.99 Å². The molecule has 0 aliphatic heterocycles. The van der Waals surface area contributed by atoms with Crippen molar-refractivity contribution < 1.29 is 19.2 Å². The van der Waals surface area contributed by atoms with Gasteiger partial charge in [-0.05, 0) is 94.8 Å². The first-order valence-corrected chi connectivity index (χ1v) is 15.1. The summed E-state index contributed by atoms with van der Waals surface area (Å²) >= 11 is 3.79. The zero-order valence-electron chi connectivity index (χ0n) is 22.4. The van der Waals surface area contributed by atoms with Gasteiger partial charge in [-0.1, -0.05) is 30.3 Å². The minimum atomic E-state index is -0.428. The van der Waals surface area contributed by atoms with E-state index in [1.807, 2.05) is 42.5 Å². The number of methoxy groups -OCH3 is 1. The van der Waals surface area contributed by atoms with Crippen LogP contribution in [0.1, 0.15) is 50.3 Å². The van der Waals surface area contributed by atoms with Crippen molar-refractivity contribution in [1.29, 1.82) is 0 Å². The van der Waals surface area contributed by atoms with Gasteiger partial charge in [0.25, 0.3) is 11.6 Å². The molecule has 5 rings (SSSR count). The molecule has 1 N–H and O–H groups in total. The van der Waals surface area contributed by atoms with Gasteiger partial charge in [0.1, 0.15) is 11.6 Å². The van der Waals surface area contributed by atoms with Crippen LogP contribution in [0.25, 0.3) is 0 Å². The van der Waals surface area contributed by atoms with E-state index < -0.39 is 4.92 Å². The van der Waals surface area contributed by atoms with Crippen molar-refractivity contribution in [3.8, 4) is 11.5 Å². The summed E-state index contributed by atoms with van der Waals surface area (Å²) in [5, 5.41) is 14.7. The Morgan fingerprint density at radius 2 is 1.85 bits per heavy atom. The van der Waals surface area contributed by atoms with Gasteiger partial charge in [-0.15, -0.1) is 11.3 Å². The monoisotopic (exact) mass is 681 g/mol. The third-order valence-corrected chi connectivity index (χ3v) is 8.79. The fourth-order valence-electron chi connectivity index (χ4n) is 4.70. The number of carbonyl (C=O) groups is 1. The number of halogens is 1. The van der Waals surface area contributed by atoms with Gasteiger partial charge in [-0.25, -0.2) is 4.99 Å². The van der Waals surface area contributed by atoms with E-state index in [0.29, 0.717) is 23.6 Å². The van der Waals surface area contributed by atoms with Crippen LogP contribution in [0.2, 0.25) is 0 Å². The minimum absolute atomic E-state index is 0.0352. The molecule has 4 aromatic rings. The molecule has 0 atom stereocenters. The number of nitro benzene ring substituents is 1. The lowest BCUT2D eigenvalue weighted by atomic mass is 9.95. The Morgan fingerprint density at radius 3 is 2.59 bits per heavy atom. The summed E-state index contributed by atoms with van der Waals surface area (Å²) in [5.41, 5.74) is 4.51. The third-order valence-electron chi connectivity index (χ3n) is 6.79. The van der Waals surface area contributed by atoms with Crippen molar-refractivity contribution in [2.75, 3.05) is 7.11 Å². The van der Waals surface area contributed by atoms with Gasteiger partial charge in [0.2, 0.25) is 0 Å². The number of aryl methyl sites for hydroxylation is 1. The van der Waals surface area contributed by atoms with E-state index in [9.17, 15) is 14.9 Å². The molecule has 0 saturated heterocycles. The number of aliphatic imine (C=N–C) groups is 1. The average Bonchev–Trinajstić information content (AvgIpc) is 3.37. The fourth-order valence-corrected chi connectivity index (χ4v) is 6.71. The van der Waals surface area contributed by atoms with Gasteiger partial charge in [0, 0.05) is 29.8 Å². The summed E-state index contributed by atoms with van der Waals surface area (Å²) < 4.78 is 12.5. The van der Waals surface area contributed by atoms with Crippen LogP contribution in [0.4, 0.5) is 10.7 Å². The molecule has 0 radical (unpaired) electrons. The van der Waals surface area contributed by atoms with E-state index >= 15 is 0 Å². The Bertz CT molecular complexity index is 1590. The summed E-state index contributed by atoms with van der Waals surface area (Å²) in [6.45, 7) is 0.699. The van der Waals surface area contributed by atoms with Crippen LogP contribution >= 0.6 is 33.9 Å². The van der Waals surface area contributed by atoms with Gasteiger partial charge in [0.15, 0.2) is 11.5 Å². The maximum atomic E-state index is 13.4. The van der Waals surface area contributed by atoms with E-state index in [2.05, 4.69) is 27.9 Å². The Balaban J connectivity index is 1.35. The first-order chi connectivity index (χ1) is 19.9. The second-order valence-corrected chi connectivity index (χ2v) is 11.8. The average molecular weight is 682 g/mol. The van der Waals surface area contributed by atoms with Gasteiger partial charge in [-0.2, -0.15) is 0 Å². The molecule has 0 fully saturated rings. The Morgan fingerprint density at radius 1 is 1.10 bits per heavy atom. The van der Waals surface area contributed by atoms with Crippen LogP contribution in [0.3, 0.4) is 0 Å². The number of nitro groups is 1. The van der Waals surface area contributed by atoms with Crippen LogP contribution in [0.5, 0.6) is 11.5 Å². The number of non-ortho nitro benzene ring substituents is 1. The first kappa shape index (κ1) is 28.7. The van der Waals surface area contributed by atoms with Crippen LogP contribution in [-0.2, 0) is 26.0 Å². The van der Waals surface area contributed by atoms with Gasteiger partial charge in [-0.3, -0.25) is 14.9 Å². The summed E-state index contributed by atoms with van der Waals surface area (Å²) in [6.07, 6.45) is 5.82. The number of amides is 1. The summed E-state index contributed by atoms with van der Waals surface area (Å²) in [7, 11) is 1.58. The molecule has 3 aromatic carbocycles. The van der Waals surface area contributed by atoms with Crippen molar-refractivity contribution >= 4 is 56.7 Å². The van der Waals surface area contributed by atoms with Crippen molar-refractivity contribution in [1.82, 2.24) is 5.32 Å². The van der Waals surface area contributed by atoms with Crippen LogP contribution in [0.15, 0.2) is 71.7 Å². The maximum absolute atomic E-state index is 13.4. The molecule has 1 heterocycles. The van der Waals surface area contributed by atoms with Gasteiger partial charge < -0.3 is 14.8 Å². The van der Waals surface area contributed by atoms with E-state index in [-0.39, 0.29) is 18.2 Å².